The van der Waals surface area contributed by atoms with Crippen molar-refractivity contribution in [2.45, 2.75) is 6.04 Å². The number of nitrogens with zero attached hydrogens (tertiary/aromatic N) is 3. The molecule has 1 aromatic heterocycles. The number of hydrogen-bond donors (Lipinski definition) is 1. The number of hydrogen-bond acceptors (Lipinski definition) is 7. The van der Waals surface area contributed by atoms with Crippen LogP contribution in [0.4, 0.5) is 11.5 Å². The number of aliphatic hydroxyl groups excluding tert-OH is 1. The lowest BCUT2D eigenvalue weighted by atomic mass is 9.95. The fourth-order valence-corrected chi connectivity index (χ4v) is 3.58. The molecule has 0 bridgehead atoms. The Balaban J connectivity index is 1.93. The number of carbonyl (C=O) groups excluding carboxylic acids is 2. The third-order valence-electron chi connectivity index (χ3n) is 5.10. The van der Waals surface area contributed by atoms with Crippen LogP contribution >= 0.6 is 0 Å². The summed E-state index contributed by atoms with van der Waals surface area (Å²) in [6.07, 6.45) is 1.48. The standard InChI is InChI=1S/C23H17N3O6/c1-32-17-6-4-5-15(13-17)21(27)19-20(14-8-10-16(11-9-14)26(30)31)25(23(29)22(19)28)18-7-2-3-12-24-18/h2-13,20,27H,1H3. The molecule has 0 radical (unpaired) electrons. The number of non-ortho nitro benzene ring substituents is 1. The van der Waals surface area contributed by atoms with Gasteiger partial charge >= 0.3 is 5.91 Å². The number of rotatable bonds is 5. The fraction of sp³-hybridized carbons (Fsp3) is 0.0870. The van der Waals surface area contributed by atoms with E-state index in [0.29, 0.717) is 11.3 Å². The smallest absolute Gasteiger partial charge is 0.301 e. The van der Waals surface area contributed by atoms with E-state index < -0.39 is 22.7 Å². The van der Waals surface area contributed by atoms with Gasteiger partial charge < -0.3 is 9.84 Å². The van der Waals surface area contributed by atoms with Crippen molar-refractivity contribution in [2.75, 3.05) is 12.0 Å². The van der Waals surface area contributed by atoms with Gasteiger partial charge in [-0.3, -0.25) is 24.6 Å². The van der Waals surface area contributed by atoms with Crippen LogP contribution in [0.5, 0.6) is 5.75 Å². The van der Waals surface area contributed by atoms with Gasteiger partial charge in [-0.15, -0.1) is 0 Å². The van der Waals surface area contributed by atoms with Crippen LogP contribution in [-0.4, -0.2) is 33.8 Å². The number of anilines is 1. The summed E-state index contributed by atoms with van der Waals surface area (Å²) >= 11 is 0. The van der Waals surface area contributed by atoms with Crippen molar-refractivity contribution in [3.05, 3.63) is 99.7 Å². The largest absolute Gasteiger partial charge is 0.507 e. The first-order valence-corrected chi connectivity index (χ1v) is 9.53. The molecular formula is C23H17N3O6. The third kappa shape index (κ3) is 3.56. The fourth-order valence-electron chi connectivity index (χ4n) is 3.58. The number of pyridine rings is 1. The maximum Gasteiger partial charge on any atom is 0.301 e. The SMILES string of the molecule is COc1cccc(C(O)=C2C(=O)C(=O)N(c3ccccn3)C2c2ccc([N+](=O)[O-])cc2)c1. The van der Waals surface area contributed by atoms with Crippen LogP contribution in [-0.2, 0) is 9.59 Å². The second kappa shape index (κ2) is 8.31. The minimum atomic E-state index is -1.03. The predicted octanol–water partition coefficient (Wildman–Crippen LogP) is 3.62. The number of aromatic nitrogens is 1. The molecule has 1 unspecified atom stereocenters. The Labute approximate surface area is 182 Å². The number of aliphatic hydroxyl groups is 1. The third-order valence-corrected chi connectivity index (χ3v) is 5.10. The number of ketones is 1. The zero-order valence-corrected chi connectivity index (χ0v) is 16.8. The first-order chi connectivity index (χ1) is 15.4. The minimum absolute atomic E-state index is 0.142. The topological polar surface area (TPSA) is 123 Å². The van der Waals surface area contributed by atoms with Gasteiger partial charge in [0.2, 0.25) is 0 Å². The Hall–Kier alpha value is -4.53. The molecule has 1 aliphatic rings. The van der Waals surface area contributed by atoms with Crippen LogP contribution in [0.25, 0.3) is 5.76 Å². The van der Waals surface area contributed by atoms with Gasteiger partial charge in [-0.2, -0.15) is 0 Å². The number of Topliss-reactive ketones (excluding diaryl/α,β-unsaturated/α-hetero) is 1. The van der Waals surface area contributed by atoms with Crippen molar-refractivity contribution in [1.82, 2.24) is 4.98 Å². The first-order valence-electron chi connectivity index (χ1n) is 9.53. The van der Waals surface area contributed by atoms with Gasteiger partial charge in [0, 0.05) is 23.9 Å². The van der Waals surface area contributed by atoms with Gasteiger partial charge in [0.1, 0.15) is 17.3 Å². The lowest BCUT2D eigenvalue weighted by Crippen LogP contribution is -2.30. The number of carbonyl (C=O) groups is 2. The number of benzene rings is 2. The van der Waals surface area contributed by atoms with Crippen LogP contribution in [0.1, 0.15) is 17.2 Å². The number of nitro groups is 1. The van der Waals surface area contributed by atoms with Gasteiger partial charge in [0.05, 0.1) is 23.6 Å². The number of amides is 1. The molecule has 4 rings (SSSR count). The Bertz CT molecular complexity index is 1240. The molecule has 1 aliphatic heterocycles. The Kier molecular flexibility index (Phi) is 5.38. The first kappa shape index (κ1) is 20.7. The molecule has 3 aromatic rings. The van der Waals surface area contributed by atoms with E-state index in [9.17, 15) is 24.8 Å². The van der Waals surface area contributed by atoms with E-state index in [1.165, 1.54) is 48.5 Å². The lowest BCUT2D eigenvalue weighted by molar-refractivity contribution is -0.384. The second-order valence-corrected chi connectivity index (χ2v) is 6.94. The molecule has 9 nitrogen and oxygen atoms in total. The van der Waals surface area contributed by atoms with Crippen LogP contribution in [0.2, 0.25) is 0 Å². The van der Waals surface area contributed by atoms with Crippen LogP contribution in [0, 0.1) is 10.1 Å². The summed E-state index contributed by atoms with van der Waals surface area (Å²) in [6, 6.07) is 15.8. The molecule has 1 saturated heterocycles. The summed E-state index contributed by atoms with van der Waals surface area (Å²) in [5.41, 5.74) is 0.402. The summed E-state index contributed by atoms with van der Waals surface area (Å²) in [6.45, 7) is 0. The maximum atomic E-state index is 13.0. The zero-order valence-electron chi connectivity index (χ0n) is 16.8. The average Bonchev–Trinajstić information content (AvgIpc) is 3.09. The molecule has 9 heteroatoms. The van der Waals surface area contributed by atoms with Crippen molar-refractivity contribution >= 4 is 29.0 Å². The number of ether oxygens (including phenoxy) is 1. The molecule has 0 spiro atoms. The monoisotopic (exact) mass is 431 g/mol. The molecule has 2 aromatic carbocycles. The summed E-state index contributed by atoms with van der Waals surface area (Å²) < 4.78 is 5.18. The summed E-state index contributed by atoms with van der Waals surface area (Å²) in [5, 5.41) is 22.1. The Morgan fingerprint density at radius 3 is 2.47 bits per heavy atom. The van der Waals surface area contributed by atoms with Crippen molar-refractivity contribution in [3.63, 3.8) is 0 Å². The molecular weight excluding hydrogens is 414 g/mol. The Morgan fingerprint density at radius 1 is 1.09 bits per heavy atom. The van der Waals surface area contributed by atoms with Gasteiger partial charge in [-0.25, -0.2) is 4.98 Å². The van der Waals surface area contributed by atoms with Gasteiger partial charge in [-0.05, 0) is 42.0 Å². The number of methoxy groups -OCH3 is 1. The predicted molar refractivity (Wildman–Crippen MR) is 115 cm³/mol. The van der Waals surface area contributed by atoms with E-state index in [-0.39, 0.29) is 28.4 Å². The molecule has 32 heavy (non-hydrogen) atoms. The lowest BCUT2D eigenvalue weighted by Gasteiger charge is -2.24. The van der Waals surface area contributed by atoms with Crippen molar-refractivity contribution < 1.29 is 24.4 Å². The molecule has 0 saturated carbocycles. The van der Waals surface area contributed by atoms with E-state index >= 15 is 0 Å². The molecule has 1 atom stereocenters. The van der Waals surface area contributed by atoms with Gasteiger partial charge in [0.25, 0.3) is 11.5 Å². The highest BCUT2D eigenvalue weighted by atomic mass is 16.6. The summed E-state index contributed by atoms with van der Waals surface area (Å²) in [7, 11) is 1.47. The minimum Gasteiger partial charge on any atom is -0.507 e. The summed E-state index contributed by atoms with van der Waals surface area (Å²) in [5.74, 6) is -1.47. The van der Waals surface area contributed by atoms with Crippen molar-refractivity contribution in [1.29, 1.82) is 0 Å². The van der Waals surface area contributed by atoms with Gasteiger partial charge in [-0.1, -0.05) is 18.2 Å². The van der Waals surface area contributed by atoms with E-state index in [4.69, 9.17) is 4.74 Å². The second-order valence-electron chi connectivity index (χ2n) is 6.94. The van der Waals surface area contributed by atoms with Crippen molar-refractivity contribution in [2.24, 2.45) is 0 Å². The zero-order chi connectivity index (χ0) is 22.8. The average molecular weight is 431 g/mol. The van der Waals surface area contributed by atoms with Crippen LogP contribution < -0.4 is 9.64 Å². The molecule has 1 N–H and O–H groups in total. The van der Waals surface area contributed by atoms with Crippen LogP contribution in [0.15, 0.2) is 78.5 Å². The molecule has 0 aliphatic carbocycles. The Morgan fingerprint density at radius 2 is 1.84 bits per heavy atom. The highest BCUT2D eigenvalue weighted by Gasteiger charge is 2.47. The molecule has 1 amide bonds. The van der Waals surface area contributed by atoms with Gasteiger partial charge in [0.15, 0.2) is 0 Å². The summed E-state index contributed by atoms with van der Waals surface area (Å²) in [4.78, 5) is 41.9. The molecule has 160 valence electrons. The highest BCUT2D eigenvalue weighted by Crippen LogP contribution is 2.42. The van der Waals surface area contributed by atoms with E-state index in [1.54, 1.807) is 36.4 Å². The number of nitro benzene ring substituents is 1. The normalized spacial score (nSPS) is 17.4. The highest BCUT2D eigenvalue weighted by molar-refractivity contribution is 6.51. The van der Waals surface area contributed by atoms with Crippen LogP contribution in [0.3, 0.4) is 0 Å². The van der Waals surface area contributed by atoms with E-state index in [2.05, 4.69) is 4.98 Å². The molecule has 2 heterocycles. The maximum absolute atomic E-state index is 13.0. The van der Waals surface area contributed by atoms with Crippen molar-refractivity contribution in [3.8, 4) is 5.75 Å². The van der Waals surface area contributed by atoms with E-state index in [1.807, 2.05) is 0 Å². The molecule has 1 fully saturated rings. The quantitative estimate of drug-likeness (QED) is 0.215. The van der Waals surface area contributed by atoms with E-state index in [0.717, 1.165) is 0 Å².